The van der Waals surface area contributed by atoms with Gasteiger partial charge in [0.25, 0.3) is 11.8 Å². The van der Waals surface area contributed by atoms with Crippen LogP contribution in [0.4, 0.5) is 5.69 Å². The summed E-state index contributed by atoms with van der Waals surface area (Å²) in [6.07, 6.45) is -0.876. The Labute approximate surface area is 138 Å². The third kappa shape index (κ3) is 2.89. The van der Waals surface area contributed by atoms with Gasteiger partial charge in [0.1, 0.15) is 11.5 Å². The number of hydrazine groups is 1. The van der Waals surface area contributed by atoms with Gasteiger partial charge in [-0.3, -0.25) is 15.0 Å². The number of nitrogens with one attached hydrogen (secondary N) is 1. The SMILES string of the molecule is COc1cccc(C(=O)N2C[C@H](C(=O)NN)Oc3ccccc32)c1. The minimum absolute atomic E-state index is 0.0656. The van der Waals surface area contributed by atoms with Gasteiger partial charge in [-0.25, -0.2) is 5.84 Å². The zero-order chi connectivity index (χ0) is 17.1. The lowest BCUT2D eigenvalue weighted by Gasteiger charge is -2.34. The summed E-state index contributed by atoms with van der Waals surface area (Å²) in [4.78, 5) is 26.3. The van der Waals surface area contributed by atoms with E-state index < -0.39 is 12.0 Å². The van der Waals surface area contributed by atoms with Crippen LogP contribution in [0.1, 0.15) is 10.4 Å². The Hall–Kier alpha value is -3.06. The van der Waals surface area contributed by atoms with Crippen molar-refractivity contribution in [1.29, 1.82) is 0 Å². The van der Waals surface area contributed by atoms with E-state index in [9.17, 15) is 9.59 Å². The van der Waals surface area contributed by atoms with Crippen molar-refractivity contribution in [2.24, 2.45) is 5.84 Å². The Kier molecular flexibility index (Phi) is 4.35. The molecule has 1 aliphatic rings. The summed E-state index contributed by atoms with van der Waals surface area (Å²) in [5.41, 5.74) is 3.12. The van der Waals surface area contributed by atoms with Gasteiger partial charge in [0.05, 0.1) is 19.3 Å². The lowest BCUT2D eigenvalue weighted by atomic mass is 10.1. The number of fused-ring (bicyclic) bond motifs is 1. The fourth-order valence-corrected chi connectivity index (χ4v) is 2.57. The van der Waals surface area contributed by atoms with E-state index in [-0.39, 0.29) is 12.5 Å². The van der Waals surface area contributed by atoms with E-state index in [1.165, 1.54) is 12.0 Å². The van der Waals surface area contributed by atoms with E-state index in [0.717, 1.165) is 0 Å². The molecule has 0 bridgehead atoms. The molecular formula is C17H17N3O4. The van der Waals surface area contributed by atoms with Crippen LogP contribution in [0.15, 0.2) is 48.5 Å². The van der Waals surface area contributed by atoms with Gasteiger partial charge in [-0.15, -0.1) is 0 Å². The molecule has 0 aromatic heterocycles. The van der Waals surface area contributed by atoms with Gasteiger partial charge < -0.3 is 14.4 Å². The Morgan fingerprint density at radius 1 is 1.25 bits per heavy atom. The van der Waals surface area contributed by atoms with Crippen LogP contribution < -0.4 is 25.6 Å². The third-order valence-electron chi connectivity index (χ3n) is 3.77. The van der Waals surface area contributed by atoms with E-state index in [1.54, 1.807) is 48.5 Å². The second-order valence-electron chi connectivity index (χ2n) is 5.23. The molecule has 2 aromatic rings. The molecule has 0 fully saturated rings. The Bertz CT molecular complexity index is 778. The number of carbonyl (C=O) groups is 2. The molecule has 0 unspecified atom stereocenters. The average Bonchev–Trinajstić information content (AvgIpc) is 2.65. The predicted octanol–water partition coefficient (Wildman–Crippen LogP) is 1.09. The van der Waals surface area contributed by atoms with Crippen LogP contribution in [-0.4, -0.2) is 31.6 Å². The van der Waals surface area contributed by atoms with Crippen LogP contribution in [0, 0.1) is 0 Å². The van der Waals surface area contributed by atoms with Crippen molar-refractivity contribution >= 4 is 17.5 Å². The zero-order valence-corrected chi connectivity index (χ0v) is 13.1. The van der Waals surface area contributed by atoms with Crippen molar-refractivity contribution in [2.75, 3.05) is 18.6 Å². The molecule has 7 nitrogen and oxygen atoms in total. The van der Waals surface area contributed by atoms with Crippen molar-refractivity contribution in [3.63, 3.8) is 0 Å². The van der Waals surface area contributed by atoms with Crippen LogP contribution in [-0.2, 0) is 4.79 Å². The lowest BCUT2D eigenvalue weighted by molar-refractivity contribution is -0.127. The van der Waals surface area contributed by atoms with Gasteiger partial charge >= 0.3 is 0 Å². The second-order valence-corrected chi connectivity index (χ2v) is 5.23. The van der Waals surface area contributed by atoms with Crippen molar-refractivity contribution in [3.8, 4) is 11.5 Å². The number of anilines is 1. The van der Waals surface area contributed by atoms with Crippen LogP contribution >= 0.6 is 0 Å². The van der Waals surface area contributed by atoms with E-state index in [1.807, 2.05) is 0 Å². The predicted molar refractivity (Wildman–Crippen MR) is 87.9 cm³/mol. The summed E-state index contributed by atoms with van der Waals surface area (Å²) < 4.78 is 10.8. The average molecular weight is 327 g/mol. The number of methoxy groups -OCH3 is 1. The van der Waals surface area contributed by atoms with Crippen molar-refractivity contribution < 1.29 is 19.1 Å². The van der Waals surface area contributed by atoms with E-state index in [0.29, 0.717) is 22.7 Å². The zero-order valence-electron chi connectivity index (χ0n) is 13.1. The van der Waals surface area contributed by atoms with Gasteiger partial charge in [-0.2, -0.15) is 0 Å². The number of rotatable bonds is 3. The van der Waals surface area contributed by atoms with Gasteiger partial charge in [0, 0.05) is 5.56 Å². The van der Waals surface area contributed by atoms with Gasteiger partial charge in [0.15, 0.2) is 6.10 Å². The van der Waals surface area contributed by atoms with Crippen molar-refractivity contribution in [2.45, 2.75) is 6.10 Å². The van der Waals surface area contributed by atoms with E-state index >= 15 is 0 Å². The molecule has 24 heavy (non-hydrogen) atoms. The summed E-state index contributed by atoms with van der Waals surface area (Å²) >= 11 is 0. The number of hydrogen-bond donors (Lipinski definition) is 2. The van der Waals surface area contributed by atoms with Crippen LogP contribution in [0.2, 0.25) is 0 Å². The molecule has 3 rings (SSSR count). The minimum atomic E-state index is -0.876. The lowest BCUT2D eigenvalue weighted by Crippen LogP contribution is -2.52. The molecule has 124 valence electrons. The fraction of sp³-hybridized carbons (Fsp3) is 0.176. The summed E-state index contributed by atoms with van der Waals surface area (Å²) in [6, 6.07) is 13.9. The highest BCUT2D eigenvalue weighted by atomic mass is 16.5. The first-order valence-corrected chi connectivity index (χ1v) is 7.36. The van der Waals surface area contributed by atoms with Gasteiger partial charge in [-0.05, 0) is 30.3 Å². The molecule has 0 aliphatic carbocycles. The summed E-state index contributed by atoms with van der Waals surface area (Å²) in [5, 5.41) is 0. The van der Waals surface area contributed by atoms with E-state index in [4.69, 9.17) is 15.3 Å². The first kappa shape index (κ1) is 15.8. The first-order chi connectivity index (χ1) is 11.6. The van der Waals surface area contributed by atoms with Crippen molar-refractivity contribution in [3.05, 3.63) is 54.1 Å². The highest BCUT2D eigenvalue weighted by Gasteiger charge is 2.33. The largest absolute Gasteiger partial charge is 0.497 e. The highest BCUT2D eigenvalue weighted by molar-refractivity contribution is 6.08. The van der Waals surface area contributed by atoms with Gasteiger partial charge in [0.2, 0.25) is 0 Å². The van der Waals surface area contributed by atoms with Crippen LogP contribution in [0.5, 0.6) is 11.5 Å². The number of benzene rings is 2. The number of para-hydroxylation sites is 2. The standard InChI is InChI=1S/C17H17N3O4/c1-23-12-6-4-5-11(9-12)17(22)20-10-15(16(21)19-18)24-14-8-3-2-7-13(14)20/h2-9,15H,10,18H2,1H3,(H,19,21)/t15-/m1/s1. The summed E-state index contributed by atoms with van der Waals surface area (Å²) in [5.74, 6) is 5.49. The number of nitrogens with two attached hydrogens (primary N) is 1. The second kappa shape index (κ2) is 6.59. The molecule has 7 heteroatoms. The molecule has 1 aliphatic heterocycles. The number of amides is 2. The fourth-order valence-electron chi connectivity index (χ4n) is 2.57. The summed E-state index contributed by atoms with van der Waals surface area (Å²) in [7, 11) is 1.54. The minimum Gasteiger partial charge on any atom is -0.497 e. The molecule has 1 atom stereocenters. The molecule has 3 N–H and O–H groups in total. The maximum absolute atomic E-state index is 12.9. The number of nitrogens with zero attached hydrogens (tertiary/aromatic N) is 1. The van der Waals surface area contributed by atoms with Crippen LogP contribution in [0.3, 0.4) is 0 Å². The maximum atomic E-state index is 12.9. The first-order valence-electron chi connectivity index (χ1n) is 7.36. The molecule has 0 saturated heterocycles. The Morgan fingerprint density at radius 2 is 2.04 bits per heavy atom. The molecule has 1 heterocycles. The topological polar surface area (TPSA) is 93.9 Å². The van der Waals surface area contributed by atoms with Crippen molar-refractivity contribution in [1.82, 2.24) is 5.43 Å². The molecule has 0 radical (unpaired) electrons. The Balaban J connectivity index is 1.98. The molecule has 2 aromatic carbocycles. The maximum Gasteiger partial charge on any atom is 0.276 e. The number of ether oxygens (including phenoxy) is 2. The monoisotopic (exact) mass is 327 g/mol. The summed E-state index contributed by atoms with van der Waals surface area (Å²) in [6.45, 7) is 0.0656. The third-order valence-corrected chi connectivity index (χ3v) is 3.77. The van der Waals surface area contributed by atoms with Crippen LogP contribution in [0.25, 0.3) is 0 Å². The number of hydrogen-bond acceptors (Lipinski definition) is 5. The molecule has 0 saturated carbocycles. The quantitative estimate of drug-likeness (QED) is 0.500. The Morgan fingerprint density at radius 3 is 2.79 bits per heavy atom. The smallest absolute Gasteiger partial charge is 0.276 e. The van der Waals surface area contributed by atoms with E-state index in [2.05, 4.69) is 5.43 Å². The molecule has 0 spiro atoms. The highest BCUT2D eigenvalue weighted by Crippen LogP contribution is 2.34. The normalized spacial score (nSPS) is 15.9. The number of carbonyl (C=O) groups excluding carboxylic acids is 2. The molecule has 2 amide bonds. The molecular weight excluding hydrogens is 310 g/mol. The van der Waals surface area contributed by atoms with Gasteiger partial charge in [-0.1, -0.05) is 18.2 Å².